The van der Waals surface area contributed by atoms with E-state index in [4.69, 9.17) is 5.11 Å². The SMILES string of the molecule is C[C@H](NCC(=O)Nc1ccc(F)c(F)c1F)C(=O)O. The molecule has 0 aliphatic rings. The van der Waals surface area contributed by atoms with Crippen molar-refractivity contribution in [2.24, 2.45) is 0 Å². The number of carbonyl (C=O) groups is 2. The summed E-state index contributed by atoms with van der Waals surface area (Å²) in [5.74, 6) is -6.51. The minimum Gasteiger partial charge on any atom is -0.480 e. The summed E-state index contributed by atoms with van der Waals surface area (Å²) in [5, 5.41) is 12.9. The number of carboxylic acid groups (broad SMARTS) is 1. The van der Waals surface area contributed by atoms with Gasteiger partial charge in [-0.25, -0.2) is 13.2 Å². The highest BCUT2D eigenvalue weighted by atomic mass is 19.2. The van der Waals surface area contributed by atoms with Crippen molar-refractivity contribution in [2.75, 3.05) is 11.9 Å². The Labute approximate surface area is 106 Å². The molecule has 8 heteroatoms. The van der Waals surface area contributed by atoms with Gasteiger partial charge in [0.1, 0.15) is 6.04 Å². The Morgan fingerprint density at radius 3 is 2.47 bits per heavy atom. The lowest BCUT2D eigenvalue weighted by Gasteiger charge is -2.10. The summed E-state index contributed by atoms with van der Waals surface area (Å²) in [7, 11) is 0. The molecule has 0 saturated carbocycles. The summed E-state index contributed by atoms with van der Waals surface area (Å²) < 4.78 is 38.7. The molecule has 0 saturated heterocycles. The Hall–Kier alpha value is -2.09. The van der Waals surface area contributed by atoms with Crippen molar-refractivity contribution < 1.29 is 27.9 Å². The second-order valence-electron chi connectivity index (χ2n) is 3.71. The number of amides is 1. The Kier molecular flexibility index (Phi) is 4.87. The van der Waals surface area contributed by atoms with E-state index in [1.54, 1.807) is 0 Å². The molecule has 5 nitrogen and oxygen atoms in total. The monoisotopic (exact) mass is 276 g/mol. The molecule has 1 amide bonds. The van der Waals surface area contributed by atoms with Crippen LogP contribution in [0.5, 0.6) is 0 Å². The lowest BCUT2D eigenvalue weighted by atomic mass is 10.2. The molecular weight excluding hydrogens is 265 g/mol. The molecule has 1 aromatic rings. The van der Waals surface area contributed by atoms with Gasteiger partial charge in [-0.2, -0.15) is 0 Å². The van der Waals surface area contributed by atoms with Crippen LogP contribution in [0.3, 0.4) is 0 Å². The highest BCUT2D eigenvalue weighted by Gasteiger charge is 2.16. The van der Waals surface area contributed by atoms with Crippen LogP contribution in [-0.2, 0) is 9.59 Å². The molecule has 19 heavy (non-hydrogen) atoms. The van der Waals surface area contributed by atoms with Crippen LogP contribution in [0.25, 0.3) is 0 Å². The van der Waals surface area contributed by atoms with Gasteiger partial charge in [-0.1, -0.05) is 0 Å². The molecule has 0 unspecified atom stereocenters. The van der Waals surface area contributed by atoms with Crippen LogP contribution in [0.15, 0.2) is 12.1 Å². The predicted octanol–water partition coefficient (Wildman–Crippen LogP) is 1.11. The number of hydrogen-bond donors (Lipinski definition) is 3. The molecule has 1 atom stereocenters. The first kappa shape index (κ1) is 15.0. The molecule has 0 aliphatic carbocycles. The Bertz CT molecular complexity index is 508. The summed E-state index contributed by atoms with van der Waals surface area (Å²) >= 11 is 0. The lowest BCUT2D eigenvalue weighted by Crippen LogP contribution is -2.39. The van der Waals surface area contributed by atoms with E-state index >= 15 is 0 Å². The normalized spacial score (nSPS) is 12.0. The maximum Gasteiger partial charge on any atom is 0.320 e. The van der Waals surface area contributed by atoms with E-state index in [0.717, 1.165) is 6.07 Å². The molecule has 0 bridgehead atoms. The number of benzene rings is 1. The molecule has 104 valence electrons. The summed E-state index contributed by atoms with van der Waals surface area (Å²) in [6.45, 7) is 0.902. The van der Waals surface area contributed by atoms with Gasteiger partial charge in [0.25, 0.3) is 0 Å². The Morgan fingerprint density at radius 1 is 1.26 bits per heavy atom. The minimum atomic E-state index is -1.69. The maximum absolute atomic E-state index is 13.2. The third-order valence-electron chi connectivity index (χ3n) is 2.25. The predicted molar refractivity (Wildman–Crippen MR) is 60.0 cm³/mol. The largest absolute Gasteiger partial charge is 0.480 e. The van der Waals surface area contributed by atoms with Gasteiger partial charge in [0.05, 0.1) is 12.2 Å². The van der Waals surface area contributed by atoms with E-state index in [1.165, 1.54) is 6.92 Å². The van der Waals surface area contributed by atoms with Crippen molar-refractivity contribution in [3.63, 3.8) is 0 Å². The first-order chi connectivity index (χ1) is 8.82. The summed E-state index contributed by atoms with van der Waals surface area (Å²) in [5.41, 5.74) is -0.520. The first-order valence-electron chi connectivity index (χ1n) is 5.22. The molecule has 0 fully saturated rings. The van der Waals surface area contributed by atoms with Gasteiger partial charge in [0, 0.05) is 0 Å². The number of carboxylic acids is 1. The zero-order valence-electron chi connectivity index (χ0n) is 9.84. The number of anilines is 1. The fourth-order valence-corrected chi connectivity index (χ4v) is 1.15. The molecule has 0 spiro atoms. The molecule has 3 N–H and O–H groups in total. The molecular formula is C11H11F3N2O3. The highest BCUT2D eigenvalue weighted by molar-refractivity contribution is 5.92. The lowest BCUT2D eigenvalue weighted by molar-refractivity contribution is -0.139. The topological polar surface area (TPSA) is 78.4 Å². The summed E-state index contributed by atoms with van der Waals surface area (Å²) in [6.07, 6.45) is 0. The molecule has 0 aromatic heterocycles. The van der Waals surface area contributed by atoms with Crippen molar-refractivity contribution in [1.29, 1.82) is 0 Å². The number of nitrogens with one attached hydrogen (secondary N) is 2. The molecule has 0 aliphatic heterocycles. The molecule has 0 radical (unpaired) electrons. The van der Waals surface area contributed by atoms with Crippen LogP contribution < -0.4 is 10.6 Å². The number of hydrogen-bond acceptors (Lipinski definition) is 3. The van der Waals surface area contributed by atoms with Gasteiger partial charge in [0.2, 0.25) is 5.91 Å². The fourth-order valence-electron chi connectivity index (χ4n) is 1.15. The van der Waals surface area contributed by atoms with Gasteiger partial charge in [-0.15, -0.1) is 0 Å². The van der Waals surface area contributed by atoms with Gasteiger partial charge < -0.3 is 10.4 Å². The van der Waals surface area contributed by atoms with Gasteiger partial charge >= 0.3 is 5.97 Å². The van der Waals surface area contributed by atoms with Crippen LogP contribution in [0.1, 0.15) is 6.92 Å². The van der Waals surface area contributed by atoms with E-state index in [0.29, 0.717) is 6.07 Å². The highest BCUT2D eigenvalue weighted by Crippen LogP contribution is 2.19. The van der Waals surface area contributed by atoms with Gasteiger partial charge in [-0.05, 0) is 19.1 Å². The molecule has 1 aromatic carbocycles. The van der Waals surface area contributed by atoms with Crippen LogP contribution in [0.2, 0.25) is 0 Å². The zero-order valence-corrected chi connectivity index (χ0v) is 9.84. The van der Waals surface area contributed by atoms with Crippen LogP contribution in [0.4, 0.5) is 18.9 Å². The average Bonchev–Trinajstić information content (AvgIpc) is 2.36. The average molecular weight is 276 g/mol. The molecule has 0 heterocycles. The number of rotatable bonds is 5. The molecule has 1 rings (SSSR count). The van der Waals surface area contributed by atoms with Gasteiger partial charge in [-0.3, -0.25) is 14.9 Å². The van der Waals surface area contributed by atoms with Crippen LogP contribution >= 0.6 is 0 Å². The van der Waals surface area contributed by atoms with E-state index in [-0.39, 0.29) is 0 Å². The van der Waals surface area contributed by atoms with Crippen LogP contribution in [0, 0.1) is 17.5 Å². The third-order valence-corrected chi connectivity index (χ3v) is 2.25. The van der Waals surface area contributed by atoms with Crippen LogP contribution in [-0.4, -0.2) is 29.6 Å². The smallest absolute Gasteiger partial charge is 0.320 e. The van der Waals surface area contributed by atoms with E-state index in [2.05, 4.69) is 5.32 Å². The van der Waals surface area contributed by atoms with E-state index in [1.807, 2.05) is 5.32 Å². The second-order valence-corrected chi connectivity index (χ2v) is 3.71. The maximum atomic E-state index is 13.2. The van der Waals surface area contributed by atoms with Crippen molar-refractivity contribution in [1.82, 2.24) is 5.32 Å². The Morgan fingerprint density at radius 2 is 1.89 bits per heavy atom. The fraction of sp³-hybridized carbons (Fsp3) is 0.273. The summed E-state index contributed by atoms with van der Waals surface area (Å²) in [6, 6.07) is 0.564. The van der Waals surface area contributed by atoms with E-state index in [9.17, 15) is 22.8 Å². The minimum absolute atomic E-state index is 0.411. The van der Waals surface area contributed by atoms with E-state index < -0.39 is 47.6 Å². The first-order valence-corrected chi connectivity index (χ1v) is 5.22. The van der Waals surface area contributed by atoms with Crippen molar-refractivity contribution in [3.8, 4) is 0 Å². The van der Waals surface area contributed by atoms with Crippen molar-refractivity contribution in [2.45, 2.75) is 13.0 Å². The quantitative estimate of drug-likeness (QED) is 0.704. The zero-order chi connectivity index (χ0) is 14.6. The Balaban J connectivity index is 2.63. The number of aliphatic carboxylic acids is 1. The third kappa shape index (κ3) is 3.95. The van der Waals surface area contributed by atoms with Crippen molar-refractivity contribution >= 4 is 17.6 Å². The number of carbonyl (C=O) groups excluding carboxylic acids is 1. The standard InChI is InChI=1S/C11H11F3N2O3/c1-5(11(18)19)15-4-8(17)16-7-3-2-6(12)9(13)10(7)14/h2-3,5,15H,4H2,1H3,(H,16,17)(H,18,19)/t5-/m0/s1. The van der Waals surface area contributed by atoms with Crippen molar-refractivity contribution in [3.05, 3.63) is 29.6 Å². The number of halogens is 3. The summed E-state index contributed by atoms with van der Waals surface area (Å²) in [4.78, 5) is 21.8. The van der Waals surface area contributed by atoms with Gasteiger partial charge in [0.15, 0.2) is 17.5 Å². The second kappa shape index (κ2) is 6.19.